The molecule has 2 rings (SSSR count). The van der Waals surface area contributed by atoms with Crippen LogP contribution in [0.2, 0.25) is 0 Å². The first kappa shape index (κ1) is 12.2. The third-order valence-electron chi connectivity index (χ3n) is 2.20. The smallest absolute Gasteiger partial charge is 0.227 e. The zero-order valence-electron chi connectivity index (χ0n) is 10.3. The first-order valence-electron chi connectivity index (χ1n) is 5.77. The van der Waals surface area contributed by atoms with Crippen LogP contribution in [0.3, 0.4) is 0 Å². The number of aromatic nitrogens is 4. The zero-order valence-corrected chi connectivity index (χ0v) is 10.3. The van der Waals surface area contributed by atoms with Crippen molar-refractivity contribution in [1.82, 2.24) is 25.5 Å². The standard InChI is InChI=1S/C12H15N5O/c1-8(2)14-11(18)7-10-15-12(17-16-10)9-5-3-4-6-13-9/h3-6,8H,7H2,1-2H3,(H,14,18)(H,15,16,17). The van der Waals surface area contributed by atoms with Gasteiger partial charge in [-0.3, -0.25) is 14.9 Å². The van der Waals surface area contributed by atoms with Crippen molar-refractivity contribution < 1.29 is 4.79 Å². The summed E-state index contributed by atoms with van der Waals surface area (Å²) in [5.74, 6) is 0.963. The molecule has 18 heavy (non-hydrogen) atoms. The van der Waals surface area contributed by atoms with E-state index in [9.17, 15) is 4.79 Å². The molecule has 0 saturated carbocycles. The van der Waals surface area contributed by atoms with Gasteiger partial charge in [-0.2, -0.15) is 5.10 Å². The van der Waals surface area contributed by atoms with Gasteiger partial charge < -0.3 is 5.32 Å². The summed E-state index contributed by atoms with van der Waals surface area (Å²) < 4.78 is 0. The molecule has 94 valence electrons. The number of rotatable bonds is 4. The number of carbonyl (C=O) groups is 1. The number of amides is 1. The van der Waals surface area contributed by atoms with Crippen LogP contribution in [0.15, 0.2) is 24.4 Å². The number of carbonyl (C=O) groups excluding carboxylic acids is 1. The minimum atomic E-state index is -0.0753. The summed E-state index contributed by atoms with van der Waals surface area (Å²) in [5.41, 5.74) is 0.685. The predicted molar refractivity (Wildman–Crippen MR) is 66.6 cm³/mol. The van der Waals surface area contributed by atoms with Gasteiger partial charge in [0.05, 0.1) is 6.42 Å². The highest BCUT2D eigenvalue weighted by Gasteiger charge is 2.10. The lowest BCUT2D eigenvalue weighted by atomic mass is 10.3. The van der Waals surface area contributed by atoms with E-state index >= 15 is 0 Å². The lowest BCUT2D eigenvalue weighted by Gasteiger charge is -2.05. The quantitative estimate of drug-likeness (QED) is 0.839. The molecule has 2 aromatic heterocycles. The number of H-pyrrole nitrogens is 1. The van der Waals surface area contributed by atoms with E-state index in [4.69, 9.17) is 0 Å². The lowest BCUT2D eigenvalue weighted by molar-refractivity contribution is -0.121. The SMILES string of the molecule is CC(C)NC(=O)Cc1nc(-c2ccccn2)n[nH]1. The van der Waals surface area contributed by atoms with Crippen LogP contribution in [0.4, 0.5) is 0 Å². The van der Waals surface area contributed by atoms with Crippen molar-refractivity contribution in [3.05, 3.63) is 30.2 Å². The van der Waals surface area contributed by atoms with E-state index in [1.54, 1.807) is 6.20 Å². The molecule has 1 amide bonds. The van der Waals surface area contributed by atoms with E-state index in [1.165, 1.54) is 0 Å². The first-order chi connectivity index (χ1) is 8.65. The average Bonchev–Trinajstić information content (AvgIpc) is 2.77. The Morgan fingerprint density at radius 3 is 2.94 bits per heavy atom. The van der Waals surface area contributed by atoms with E-state index in [1.807, 2.05) is 32.0 Å². The monoisotopic (exact) mass is 245 g/mol. The molecule has 6 nitrogen and oxygen atoms in total. The normalized spacial score (nSPS) is 10.6. The Hall–Kier alpha value is -2.24. The lowest BCUT2D eigenvalue weighted by Crippen LogP contribution is -2.31. The Kier molecular flexibility index (Phi) is 3.66. The summed E-state index contributed by atoms with van der Waals surface area (Å²) in [4.78, 5) is 19.9. The maximum atomic E-state index is 11.6. The Morgan fingerprint density at radius 1 is 1.44 bits per heavy atom. The molecule has 0 radical (unpaired) electrons. The summed E-state index contributed by atoms with van der Waals surface area (Å²) in [7, 11) is 0. The van der Waals surface area contributed by atoms with E-state index in [0.717, 1.165) is 0 Å². The second-order valence-electron chi connectivity index (χ2n) is 4.22. The minimum Gasteiger partial charge on any atom is -0.354 e. The van der Waals surface area contributed by atoms with E-state index in [0.29, 0.717) is 17.3 Å². The highest BCUT2D eigenvalue weighted by molar-refractivity contribution is 5.78. The highest BCUT2D eigenvalue weighted by Crippen LogP contribution is 2.09. The van der Waals surface area contributed by atoms with Crippen LogP contribution in [0.5, 0.6) is 0 Å². The van der Waals surface area contributed by atoms with Gasteiger partial charge in [0, 0.05) is 12.2 Å². The molecule has 6 heteroatoms. The van der Waals surface area contributed by atoms with Crippen molar-refractivity contribution in [2.75, 3.05) is 0 Å². The molecule has 2 heterocycles. The summed E-state index contributed by atoms with van der Waals surface area (Å²) in [6.07, 6.45) is 1.87. The highest BCUT2D eigenvalue weighted by atomic mass is 16.1. The molecule has 0 atom stereocenters. The molecule has 0 spiro atoms. The number of nitrogens with zero attached hydrogens (tertiary/aromatic N) is 3. The largest absolute Gasteiger partial charge is 0.354 e. The molecule has 0 fully saturated rings. The molecule has 0 bridgehead atoms. The van der Waals surface area contributed by atoms with Crippen molar-refractivity contribution in [1.29, 1.82) is 0 Å². The maximum Gasteiger partial charge on any atom is 0.227 e. The molecular formula is C12H15N5O. The van der Waals surface area contributed by atoms with Crippen molar-refractivity contribution >= 4 is 5.91 Å². The number of hydrogen-bond acceptors (Lipinski definition) is 4. The Bertz CT molecular complexity index is 520. The van der Waals surface area contributed by atoms with Gasteiger partial charge in [-0.05, 0) is 26.0 Å². The summed E-state index contributed by atoms with van der Waals surface area (Å²) in [6, 6.07) is 5.63. The van der Waals surface area contributed by atoms with Crippen LogP contribution in [-0.2, 0) is 11.2 Å². The summed E-state index contributed by atoms with van der Waals surface area (Å²) in [5, 5.41) is 9.58. The van der Waals surface area contributed by atoms with E-state index < -0.39 is 0 Å². The van der Waals surface area contributed by atoms with Gasteiger partial charge in [0.25, 0.3) is 0 Å². The first-order valence-corrected chi connectivity index (χ1v) is 5.77. The number of aromatic amines is 1. The molecular weight excluding hydrogens is 230 g/mol. The Labute approximate surface area is 105 Å². The van der Waals surface area contributed by atoms with Crippen LogP contribution in [0.1, 0.15) is 19.7 Å². The minimum absolute atomic E-state index is 0.0753. The Balaban J connectivity index is 2.05. The van der Waals surface area contributed by atoms with Crippen molar-refractivity contribution in [2.24, 2.45) is 0 Å². The molecule has 0 unspecified atom stereocenters. The third kappa shape index (κ3) is 3.13. The van der Waals surface area contributed by atoms with Crippen LogP contribution in [0, 0.1) is 0 Å². The molecule has 2 N–H and O–H groups in total. The summed E-state index contributed by atoms with van der Waals surface area (Å²) >= 11 is 0. The van der Waals surface area contributed by atoms with Crippen molar-refractivity contribution in [3.63, 3.8) is 0 Å². The topological polar surface area (TPSA) is 83.6 Å². The van der Waals surface area contributed by atoms with Crippen LogP contribution in [-0.4, -0.2) is 32.1 Å². The fourth-order valence-electron chi connectivity index (χ4n) is 1.51. The fraction of sp³-hybridized carbons (Fsp3) is 0.333. The van der Waals surface area contributed by atoms with Gasteiger partial charge in [-0.25, -0.2) is 4.98 Å². The molecule has 2 aromatic rings. The van der Waals surface area contributed by atoms with E-state index in [2.05, 4.69) is 25.5 Å². The van der Waals surface area contributed by atoms with Crippen LogP contribution in [0.25, 0.3) is 11.5 Å². The van der Waals surface area contributed by atoms with E-state index in [-0.39, 0.29) is 18.4 Å². The predicted octanol–water partition coefficient (Wildman–Crippen LogP) is 0.934. The molecule has 0 aromatic carbocycles. The summed E-state index contributed by atoms with van der Waals surface area (Å²) in [6.45, 7) is 3.83. The van der Waals surface area contributed by atoms with Gasteiger partial charge in [-0.1, -0.05) is 6.07 Å². The van der Waals surface area contributed by atoms with Gasteiger partial charge in [0.1, 0.15) is 11.5 Å². The maximum absolute atomic E-state index is 11.6. The zero-order chi connectivity index (χ0) is 13.0. The second-order valence-corrected chi connectivity index (χ2v) is 4.22. The van der Waals surface area contributed by atoms with Gasteiger partial charge in [0.15, 0.2) is 5.82 Å². The number of hydrogen-bond donors (Lipinski definition) is 2. The van der Waals surface area contributed by atoms with Gasteiger partial charge in [-0.15, -0.1) is 0 Å². The number of nitrogens with one attached hydrogen (secondary N) is 2. The van der Waals surface area contributed by atoms with Gasteiger partial charge >= 0.3 is 0 Å². The van der Waals surface area contributed by atoms with Crippen molar-refractivity contribution in [2.45, 2.75) is 26.3 Å². The molecule has 0 saturated heterocycles. The molecule has 0 aliphatic carbocycles. The number of pyridine rings is 1. The third-order valence-corrected chi connectivity index (χ3v) is 2.20. The van der Waals surface area contributed by atoms with Crippen LogP contribution < -0.4 is 5.32 Å². The molecule has 0 aliphatic rings. The van der Waals surface area contributed by atoms with Crippen LogP contribution >= 0.6 is 0 Å². The average molecular weight is 245 g/mol. The fourth-order valence-corrected chi connectivity index (χ4v) is 1.51. The van der Waals surface area contributed by atoms with Gasteiger partial charge in [0.2, 0.25) is 5.91 Å². The molecule has 0 aliphatic heterocycles. The second kappa shape index (κ2) is 5.39. The Morgan fingerprint density at radius 2 is 2.28 bits per heavy atom. The van der Waals surface area contributed by atoms with Crippen molar-refractivity contribution in [3.8, 4) is 11.5 Å².